The summed E-state index contributed by atoms with van der Waals surface area (Å²) in [6, 6.07) is 16.0. The maximum Gasteiger partial charge on any atom is 0.134 e. The fraction of sp³-hybridized carbons (Fsp3) is 0.235. The monoisotopic (exact) mass is 287 g/mol. The van der Waals surface area contributed by atoms with Crippen molar-refractivity contribution in [3.8, 4) is 0 Å². The molecule has 2 nitrogen and oxygen atoms in total. The minimum Gasteiger partial charge on any atom is -0.370 e. The number of anilines is 1. The van der Waals surface area contributed by atoms with Crippen LogP contribution in [-0.4, -0.2) is 12.8 Å². The van der Waals surface area contributed by atoms with Gasteiger partial charge in [-0.3, -0.25) is 4.79 Å². The lowest BCUT2D eigenvalue weighted by Gasteiger charge is -2.19. The normalized spacial score (nSPS) is 10.3. The molecule has 0 aromatic heterocycles. The van der Waals surface area contributed by atoms with E-state index in [9.17, 15) is 4.79 Å². The summed E-state index contributed by atoms with van der Waals surface area (Å²) < 4.78 is 0. The Balaban J connectivity index is 2.03. The number of Topliss-reactive ketones (excluding diaryl/α,β-unsaturated/α-hetero) is 1. The van der Waals surface area contributed by atoms with E-state index in [1.807, 2.05) is 48.5 Å². The molecule has 0 radical (unpaired) electrons. The summed E-state index contributed by atoms with van der Waals surface area (Å²) in [5.41, 5.74) is 3.40. The molecule has 2 rings (SSSR count). The van der Waals surface area contributed by atoms with Crippen molar-refractivity contribution in [1.29, 1.82) is 0 Å². The number of hydrogen-bond donors (Lipinski definition) is 0. The molecule has 0 aliphatic heterocycles. The Morgan fingerprint density at radius 2 is 1.55 bits per heavy atom. The van der Waals surface area contributed by atoms with Gasteiger partial charge in [-0.15, -0.1) is 0 Å². The molecule has 0 unspecified atom stereocenters. The van der Waals surface area contributed by atoms with E-state index in [0.717, 1.165) is 22.8 Å². The molecule has 0 N–H and O–H groups in total. The van der Waals surface area contributed by atoms with Gasteiger partial charge in [0.25, 0.3) is 0 Å². The molecule has 0 saturated heterocycles. The highest BCUT2D eigenvalue weighted by molar-refractivity contribution is 6.30. The molecule has 0 fully saturated rings. The largest absolute Gasteiger partial charge is 0.370 e. The minimum atomic E-state index is 0.187. The van der Waals surface area contributed by atoms with Crippen LogP contribution in [0.3, 0.4) is 0 Å². The van der Waals surface area contributed by atoms with Gasteiger partial charge in [0.2, 0.25) is 0 Å². The van der Waals surface area contributed by atoms with Gasteiger partial charge in [-0.1, -0.05) is 35.9 Å². The van der Waals surface area contributed by atoms with E-state index in [0.29, 0.717) is 6.42 Å². The van der Waals surface area contributed by atoms with Crippen molar-refractivity contribution >= 4 is 23.1 Å². The van der Waals surface area contributed by atoms with Crippen LogP contribution >= 0.6 is 11.6 Å². The zero-order valence-electron chi connectivity index (χ0n) is 11.8. The van der Waals surface area contributed by atoms with Crippen LogP contribution in [0.2, 0.25) is 5.02 Å². The van der Waals surface area contributed by atoms with Crippen LogP contribution in [0, 0.1) is 0 Å². The Labute approximate surface area is 125 Å². The van der Waals surface area contributed by atoms with Crippen molar-refractivity contribution in [2.24, 2.45) is 0 Å². The van der Waals surface area contributed by atoms with Gasteiger partial charge in [0, 0.05) is 30.7 Å². The molecule has 0 heterocycles. The van der Waals surface area contributed by atoms with Gasteiger partial charge in [-0.05, 0) is 42.3 Å². The van der Waals surface area contributed by atoms with Gasteiger partial charge in [0.15, 0.2) is 0 Å². The smallest absolute Gasteiger partial charge is 0.134 e. The highest BCUT2D eigenvalue weighted by Gasteiger charge is 2.03. The number of benzene rings is 2. The molecule has 0 saturated carbocycles. The summed E-state index contributed by atoms with van der Waals surface area (Å²) in [5.74, 6) is 0.187. The van der Waals surface area contributed by atoms with E-state index in [1.165, 1.54) is 5.56 Å². The molecule has 0 bridgehead atoms. The van der Waals surface area contributed by atoms with Gasteiger partial charge in [-0.25, -0.2) is 0 Å². The summed E-state index contributed by atoms with van der Waals surface area (Å²) in [6.07, 6.45) is 0.501. The van der Waals surface area contributed by atoms with Crippen LogP contribution in [0.25, 0.3) is 0 Å². The Morgan fingerprint density at radius 3 is 2.10 bits per heavy atom. The highest BCUT2D eigenvalue weighted by atomic mass is 35.5. The van der Waals surface area contributed by atoms with E-state index in [1.54, 1.807) is 6.92 Å². The summed E-state index contributed by atoms with van der Waals surface area (Å²) in [4.78, 5) is 13.2. The molecule has 3 heteroatoms. The Morgan fingerprint density at radius 1 is 1.00 bits per heavy atom. The highest BCUT2D eigenvalue weighted by Crippen LogP contribution is 2.18. The average Bonchev–Trinajstić information content (AvgIpc) is 2.41. The maximum atomic E-state index is 11.1. The van der Waals surface area contributed by atoms with Crippen molar-refractivity contribution in [3.63, 3.8) is 0 Å². The van der Waals surface area contributed by atoms with E-state index >= 15 is 0 Å². The third-order valence-electron chi connectivity index (χ3n) is 3.16. The Bertz CT molecular complexity index is 575. The van der Waals surface area contributed by atoms with Crippen molar-refractivity contribution in [2.75, 3.05) is 11.9 Å². The van der Waals surface area contributed by atoms with E-state index < -0.39 is 0 Å². The number of carbonyl (C=O) groups is 1. The predicted molar refractivity (Wildman–Crippen MR) is 84.4 cm³/mol. The lowest BCUT2D eigenvalue weighted by atomic mass is 10.1. The number of ketones is 1. The Hall–Kier alpha value is -1.80. The minimum absolute atomic E-state index is 0.187. The maximum absolute atomic E-state index is 11.1. The first-order chi connectivity index (χ1) is 9.54. The van der Waals surface area contributed by atoms with E-state index in [4.69, 9.17) is 11.6 Å². The molecule has 104 valence electrons. The number of halogens is 1. The molecule has 0 aliphatic rings. The molecule has 20 heavy (non-hydrogen) atoms. The van der Waals surface area contributed by atoms with Gasteiger partial charge >= 0.3 is 0 Å². The zero-order chi connectivity index (χ0) is 14.5. The molecular weight excluding hydrogens is 270 g/mol. The van der Waals surface area contributed by atoms with Crippen molar-refractivity contribution in [3.05, 3.63) is 64.7 Å². The molecule has 0 atom stereocenters. The number of nitrogens with zero attached hydrogens (tertiary/aromatic N) is 1. The third-order valence-corrected chi connectivity index (χ3v) is 3.42. The fourth-order valence-electron chi connectivity index (χ4n) is 2.11. The summed E-state index contributed by atoms with van der Waals surface area (Å²) in [5, 5.41) is 0.755. The number of rotatable bonds is 5. The van der Waals surface area contributed by atoms with Gasteiger partial charge in [0.1, 0.15) is 5.78 Å². The van der Waals surface area contributed by atoms with Gasteiger partial charge in [0.05, 0.1) is 0 Å². The molecule has 0 aliphatic carbocycles. The third kappa shape index (κ3) is 4.10. The first kappa shape index (κ1) is 14.6. The van der Waals surface area contributed by atoms with E-state index in [-0.39, 0.29) is 5.78 Å². The second-order valence-corrected chi connectivity index (χ2v) is 5.46. The van der Waals surface area contributed by atoms with Crippen LogP contribution < -0.4 is 4.90 Å². The standard InChI is InChI=1S/C17H18ClNO/c1-13(20)11-14-5-9-17(10-6-14)19(2)12-15-3-7-16(18)8-4-15/h3-10H,11-12H2,1-2H3. The van der Waals surface area contributed by atoms with Crippen LogP contribution in [0.5, 0.6) is 0 Å². The van der Waals surface area contributed by atoms with Crippen molar-refractivity contribution < 1.29 is 4.79 Å². The predicted octanol–water partition coefficient (Wildman–Crippen LogP) is 4.11. The molecule has 0 spiro atoms. The van der Waals surface area contributed by atoms with Gasteiger partial charge < -0.3 is 4.90 Å². The second-order valence-electron chi connectivity index (χ2n) is 5.03. The lowest BCUT2D eigenvalue weighted by molar-refractivity contribution is -0.116. The van der Waals surface area contributed by atoms with Crippen molar-refractivity contribution in [1.82, 2.24) is 0 Å². The fourth-order valence-corrected chi connectivity index (χ4v) is 2.24. The lowest BCUT2D eigenvalue weighted by Crippen LogP contribution is -2.16. The topological polar surface area (TPSA) is 20.3 Å². The quantitative estimate of drug-likeness (QED) is 0.825. The molecule has 2 aromatic carbocycles. The molecule has 0 amide bonds. The first-order valence-electron chi connectivity index (χ1n) is 6.58. The molecular formula is C17H18ClNO. The zero-order valence-corrected chi connectivity index (χ0v) is 12.5. The number of carbonyl (C=O) groups excluding carboxylic acids is 1. The van der Waals surface area contributed by atoms with Crippen LogP contribution in [0.15, 0.2) is 48.5 Å². The summed E-state index contributed by atoms with van der Waals surface area (Å²) in [6.45, 7) is 2.43. The SMILES string of the molecule is CC(=O)Cc1ccc(N(C)Cc2ccc(Cl)cc2)cc1. The van der Waals surface area contributed by atoms with E-state index in [2.05, 4.69) is 11.9 Å². The van der Waals surface area contributed by atoms with Crippen LogP contribution in [0.4, 0.5) is 5.69 Å². The van der Waals surface area contributed by atoms with Crippen LogP contribution in [0.1, 0.15) is 18.1 Å². The number of hydrogen-bond acceptors (Lipinski definition) is 2. The average molecular weight is 288 g/mol. The summed E-state index contributed by atoms with van der Waals surface area (Å²) >= 11 is 5.88. The van der Waals surface area contributed by atoms with Gasteiger partial charge in [-0.2, -0.15) is 0 Å². The Kier molecular flexibility index (Phi) is 4.80. The second kappa shape index (κ2) is 6.58. The van der Waals surface area contributed by atoms with Crippen LogP contribution in [-0.2, 0) is 17.8 Å². The van der Waals surface area contributed by atoms with Crippen molar-refractivity contribution in [2.45, 2.75) is 19.9 Å². The molecule has 2 aromatic rings. The summed E-state index contributed by atoms with van der Waals surface area (Å²) in [7, 11) is 2.05. The first-order valence-corrected chi connectivity index (χ1v) is 6.96.